The molecule has 0 aromatic rings. The van der Waals surface area contributed by atoms with E-state index in [9.17, 15) is 61.0 Å². The smallest absolute Gasteiger partial charge is 0.220 e. The Morgan fingerprint density at radius 1 is 0.438 bits per heavy atom. The van der Waals surface area contributed by atoms with Gasteiger partial charge in [-0.1, -0.05) is 185 Å². The van der Waals surface area contributed by atoms with E-state index in [1.165, 1.54) is 128 Å². The maximum absolute atomic E-state index is 13.3. The average Bonchev–Trinajstić information content (AvgIpc) is 3.50. The third kappa shape index (κ3) is 27.8. The summed E-state index contributed by atoms with van der Waals surface area (Å²) in [5.41, 5.74) is 0. The lowest BCUT2D eigenvalue weighted by Gasteiger charge is -2.48. The number of allylic oxidation sites excluding steroid dienone is 5. The van der Waals surface area contributed by atoms with Crippen molar-refractivity contribution in [2.45, 2.75) is 317 Å². The van der Waals surface area contributed by atoms with Crippen LogP contribution in [0, 0.1) is 0 Å². The first-order valence-electron chi connectivity index (χ1n) is 31.2. The highest BCUT2D eigenvalue weighted by Gasteiger charge is 2.53. The number of ether oxygens (including phenoxy) is 6. The van der Waals surface area contributed by atoms with Crippen LogP contribution in [0.3, 0.4) is 0 Å². The Bertz CT molecular complexity index is 1600. The molecule has 17 unspecified atom stereocenters. The van der Waals surface area contributed by atoms with Gasteiger partial charge in [-0.3, -0.25) is 4.79 Å². The number of aliphatic hydroxyl groups is 11. The molecule has 0 aromatic heterocycles. The minimum Gasteiger partial charge on any atom is -0.394 e. The molecule has 0 spiro atoms. The van der Waals surface area contributed by atoms with Gasteiger partial charge in [-0.25, -0.2) is 0 Å². The lowest BCUT2D eigenvalue weighted by atomic mass is 9.96. The van der Waals surface area contributed by atoms with Gasteiger partial charge in [-0.15, -0.1) is 0 Å². The fourth-order valence-corrected chi connectivity index (χ4v) is 10.5. The van der Waals surface area contributed by atoms with Crippen molar-refractivity contribution in [2.24, 2.45) is 0 Å². The Balaban J connectivity index is 1.51. The molecule has 3 fully saturated rings. The number of carbonyl (C=O) groups is 1. The van der Waals surface area contributed by atoms with Crippen LogP contribution >= 0.6 is 0 Å². The first kappa shape index (κ1) is 72.3. The van der Waals surface area contributed by atoms with Crippen LogP contribution in [0.1, 0.15) is 213 Å². The summed E-state index contributed by atoms with van der Waals surface area (Å²) in [5.74, 6) is -0.290. The van der Waals surface area contributed by atoms with Crippen LogP contribution in [0.4, 0.5) is 0 Å². The summed E-state index contributed by atoms with van der Waals surface area (Å²) < 4.78 is 34.2. The highest BCUT2D eigenvalue weighted by Crippen LogP contribution is 2.33. The lowest BCUT2D eigenvalue weighted by molar-refractivity contribution is -0.379. The highest BCUT2D eigenvalue weighted by atomic mass is 16.8. The number of carbonyl (C=O) groups excluding carboxylic acids is 1. The molecule has 1 amide bonds. The van der Waals surface area contributed by atoms with Gasteiger partial charge < -0.3 is 89.9 Å². The van der Waals surface area contributed by atoms with Gasteiger partial charge >= 0.3 is 0 Å². The molecule has 3 saturated heterocycles. The van der Waals surface area contributed by atoms with Crippen LogP contribution in [-0.4, -0.2) is 193 Å². The molecule has 0 radical (unpaired) electrons. The molecule has 80 heavy (non-hydrogen) atoms. The van der Waals surface area contributed by atoms with E-state index in [2.05, 4.69) is 43.5 Å². The molecule has 19 nitrogen and oxygen atoms in total. The zero-order chi connectivity index (χ0) is 58.3. The van der Waals surface area contributed by atoms with Crippen molar-refractivity contribution in [3.8, 4) is 0 Å². The van der Waals surface area contributed by atoms with Gasteiger partial charge in [-0.2, -0.15) is 0 Å². The monoisotopic (exact) mass is 1150 g/mol. The summed E-state index contributed by atoms with van der Waals surface area (Å²) in [7, 11) is 0. The van der Waals surface area contributed by atoms with Crippen LogP contribution in [0.15, 0.2) is 36.5 Å². The Morgan fingerprint density at radius 2 is 0.800 bits per heavy atom. The van der Waals surface area contributed by atoms with Gasteiger partial charge in [0.1, 0.15) is 73.2 Å². The SMILES string of the molecule is CCCCCCCC/C=C\CCCCCCCCCC(=O)NC(COC1OC(CO)C(OC2OC(CO)C(OC3OC(CO)C(O)C(O)C3O)C(O)C2O)C(O)C1O)C(O)/C=C/CC/C=C/CCCCCCCCCCCCCC. The fraction of sp³-hybridized carbons (Fsp3) is 0.885. The summed E-state index contributed by atoms with van der Waals surface area (Å²) >= 11 is 0. The van der Waals surface area contributed by atoms with Gasteiger partial charge in [0.2, 0.25) is 5.91 Å². The van der Waals surface area contributed by atoms with Crippen LogP contribution in [0.2, 0.25) is 0 Å². The average molecular weight is 1150 g/mol. The standard InChI is InChI=1S/C61H111NO18/c1-3-5-7-9-11-13-15-17-19-21-23-24-26-28-30-32-34-36-38-45(66)44(62-49(67)39-37-35-33-31-29-27-25-22-20-18-16-14-12-10-8-6-4-2)43-75-59-55(73)52(70)57(47(41-64)77-59)80-61-56(74)53(71)58(48(42-65)78-61)79-60-54(72)51(69)50(68)46(40-63)76-60/h18,20,28,30,36,38,44-48,50-61,63-66,68-74H,3-17,19,21-27,29,31-35,37,39-43H2,1-2H3,(H,62,67)/b20-18-,30-28+,38-36+. The van der Waals surface area contributed by atoms with Gasteiger partial charge in [0.15, 0.2) is 18.9 Å². The minimum atomic E-state index is -1.98. The zero-order valence-electron chi connectivity index (χ0n) is 48.8. The van der Waals surface area contributed by atoms with E-state index in [-0.39, 0.29) is 18.9 Å². The molecule has 0 bridgehead atoms. The van der Waals surface area contributed by atoms with Gasteiger partial charge in [0, 0.05) is 6.42 Å². The molecule has 12 N–H and O–H groups in total. The Morgan fingerprint density at radius 3 is 1.25 bits per heavy atom. The normalized spacial score (nSPS) is 30.2. The molecule has 468 valence electrons. The summed E-state index contributed by atoms with van der Waals surface area (Å²) in [6.45, 7) is 1.70. The van der Waals surface area contributed by atoms with E-state index in [4.69, 9.17) is 28.4 Å². The van der Waals surface area contributed by atoms with Crippen molar-refractivity contribution in [1.82, 2.24) is 5.32 Å². The van der Waals surface area contributed by atoms with Crippen molar-refractivity contribution in [1.29, 1.82) is 0 Å². The molecule has 0 aliphatic carbocycles. The molecule has 3 aliphatic rings. The first-order valence-corrected chi connectivity index (χ1v) is 31.2. The van der Waals surface area contributed by atoms with E-state index < -0.39 is 124 Å². The molecular weight excluding hydrogens is 1030 g/mol. The highest BCUT2D eigenvalue weighted by molar-refractivity contribution is 5.76. The molecule has 3 rings (SSSR count). The molecule has 0 aromatic carbocycles. The van der Waals surface area contributed by atoms with Crippen molar-refractivity contribution < 1.29 is 89.4 Å². The summed E-state index contributed by atoms with van der Waals surface area (Å²) in [6.07, 6.45) is 21.2. The van der Waals surface area contributed by atoms with Crippen molar-refractivity contribution in [3.63, 3.8) is 0 Å². The third-order valence-corrected chi connectivity index (χ3v) is 15.7. The fourth-order valence-electron chi connectivity index (χ4n) is 10.5. The van der Waals surface area contributed by atoms with Crippen molar-refractivity contribution in [3.05, 3.63) is 36.5 Å². The van der Waals surface area contributed by atoms with Gasteiger partial charge in [0.25, 0.3) is 0 Å². The molecular formula is C61H111NO18. The number of aliphatic hydroxyl groups excluding tert-OH is 11. The third-order valence-electron chi connectivity index (χ3n) is 15.7. The van der Waals surface area contributed by atoms with Gasteiger partial charge in [-0.05, 0) is 57.8 Å². The number of nitrogens with one attached hydrogen (secondary N) is 1. The van der Waals surface area contributed by atoms with Crippen molar-refractivity contribution in [2.75, 3.05) is 26.4 Å². The van der Waals surface area contributed by atoms with E-state index in [0.717, 1.165) is 51.4 Å². The second kappa shape index (κ2) is 44.5. The molecule has 3 aliphatic heterocycles. The predicted octanol–water partition coefficient (Wildman–Crippen LogP) is 6.10. The van der Waals surface area contributed by atoms with E-state index in [0.29, 0.717) is 12.8 Å². The number of hydrogen-bond acceptors (Lipinski definition) is 18. The van der Waals surface area contributed by atoms with Crippen LogP contribution in [0.5, 0.6) is 0 Å². The Hall–Kier alpha value is -1.99. The first-order chi connectivity index (χ1) is 38.8. The molecule has 17 atom stereocenters. The van der Waals surface area contributed by atoms with Crippen LogP contribution < -0.4 is 5.32 Å². The zero-order valence-corrected chi connectivity index (χ0v) is 48.8. The van der Waals surface area contributed by atoms with Gasteiger partial charge in [0.05, 0.1) is 38.6 Å². The quantitative estimate of drug-likeness (QED) is 0.0242. The Labute approximate surface area is 479 Å². The molecule has 3 heterocycles. The minimum absolute atomic E-state index is 0.231. The molecule has 19 heteroatoms. The van der Waals surface area contributed by atoms with E-state index >= 15 is 0 Å². The second-order valence-electron chi connectivity index (χ2n) is 22.5. The topological polar surface area (TPSA) is 307 Å². The number of amides is 1. The van der Waals surface area contributed by atoms with Crippen molar-refractivity contribution >= 4 is 5.91 Å². The lowest BCUT2D eigenvalue weighted by Crippen LogP contribution is -2.66. The maximum Gasteiger partial charge on any atom is 0.220 e. The van der Waals surface area contributed by atoms with Crippen LogP contribution in [0.25, 0.3) is 0 Å². The number of unbranched alkanes of at least 4 members (excludes halogenated alkanes) is 26. The van der Waals surface area contributed by atoms with E-state index in [1.807, 2.05) is 6.08 Å². The maximum atomic E-state index is 13.3. The van der Waals surface area contributed by atoms with E-state index in [1.54, 1.807) is 6.08 Å². The number of rotatable bonds is 46. The summed E-state index contributed by atoms with van der Waals surface area (Å²) in [4.78, 5) is 13.3. The largest absolute Gasteiger partial charge is 0.394 e. The summed E-state index contributed by atoms with van der Waals surface area (Å²) in [6, 6.07) is -0.991. The van der Waals surface area contributed by atoms with Crippen LogP contribution in [-0.2, 0) is 33.2 Å². The second-order valence-corrected chi connectivity index (χ2v) is 22.5. The Kier molecular flexibility index (Phi) is 40.2. The molecule has 0 saturated carbocycles. The summed E-state index contributed by atoms with van der Waals surface area (Å²) in [5, 5.41) is 120. The predicted molar refractivity (Wildman–Crippen MR) is 305 cm³/mol. The number of hydrogen-bond donors (Lipinski definition) is 12.